The van der Waals surface area contributed by atoms with Gasteiger partial charge < -0.3 is 4.74 Å². The molecule has 3 aromatic rings. The number of aromatic nitrogens is 3. The van der Waals surface area contributed by atoms with E-state index < -0.39 is 6.09 Å². The van der Waals surface area contributed by atoms with Gasteiger partial charge in [-0.1, -0.05) is 12.1 Å². The maximum Gasteiger partial charge on any atom is 0.411 e. The molecule has 1 amide bonds. The van der Waals surface area contributed by atoms with E-state index in [4.69, 9.17) is 0 Å². The summed E-state index contributed by atoms with van der Waals surface area (Å²) in [6.45, 7) is 0. The molecule has 1 unspecified atom stereocenters. The summed E-state index contributed by atoms with van der Waals surface area (Å²) < 4.78 is 7.59. The lowest BCUT2D eigenvalue weighted by Gasteiger charge is -2.11. The Bertz CT molecular complexity index is 952. The number of pyridine rings is 1. The first-order valence-corrected chi connectivity index (χ1v) is 9.07. The summed E-state index contributed by atoms with van der Waals surface area (Å²) in [5.41, 5.74) is 5.13. The monoisotopic (exact) mass is 412 g/mol. The van der Waals surface area contributed by atoms with Gasteiger partial charge >= 0.3 is 6.09 Å². The molecule has 0 saturated heterocycles. The number of nitrogens with one attached hydrogen (secondary N) is 1. The van der Waals surface area contributed by atoms with E-state index in [2.05, 4.69) is 42.1 Å². The Morgan fingerprint density at radius 2 is 2.08 bits per heavy atom. The Morgan fingerprint density at radius 3 is 2.85 bits per heavy atom. The molecule has 7 heteroatoms. The fourth-order valence-corrected chi connectivity index (χ4v) is 3.63. The first-order valence-electron chi connectivity index (χ1n) is 8.28. The zero-order valence-electron chi connectivity index (χ0n) is 14.1. The number of nitrogens with zero attached hydrogens (tertiary/aromatic N) is 3. The first-order chi connectivity index (χ1) is 12.6. The van der Waals surface area contributed by atoms with Crippen LogP contribution in [-0.2, 0) is 11.2 Å². The van der Waals surface area contributed by atoms with Crippen molar-refractivity contribution in [3.05, 3.63) is 64.7 Å². The third-order valence-electron chi connectivity index (χ3n) is 4.54. The quantitative estimate of drug-likeness (QED) is 0.690. The highest BCUT2D eigenvalue weighted by atomic mass is 79.9. The van der Waals surface area contributed by atoms with Crippen LogP contribution in [0.25, 0.3) is 11.1 Å². The molecule has 26 heavy (non-hydrogen) atoms. The molecule has 0 aliphatic heterocycles. The van der Waals surface area contributed by atoms with Crippen molar-refractivity contribution in [1.29, 1.82) is 0 Å². The van der Waals surface area contributed by atoms with Gasteiger partial charge in [0.1, 0.15) is 0 Å². The molecular formula is C19H17BrN4O2. The van der Waals surface area contributed by atoms with Crippen LogP contribution in [0.1, 0.15) is 23.7 Å². The van der Waals surface area contributed by atoms with Gasteiger partial charge in [-0.05, 0) is 58.1 Å². The number of fused-ring (bicyclic) bond motifs is 1. The number of amides is 1. The minimum Gasteiger partial charge on any atom is -0.453 e. The number of hydrogen-bond acceptors (Lipinski definition) is 4. The van der Waals surface area contributed by atoms with Crippen molar-refractivity contribution >= 4 is 27.7 Å². The van der Waals surface area contributed by atoms with Crippen LogP contribution in [0.4, 0.5) is 10.5 Å². The smallest absolute Gasteiger partial charge is 0.411 e. The molecule has 2 aromatic heterocycles. The lowest BCUT2D eigenvalue weighted by atomic mass is 10.1. The molecule has 132 valence electrons. The molecule has 1 N–H and O–H groups in total. The van der Waals surface area contributed by atoms with Crippen molar-refractivity contribution in [2.24, 2.45) is 0 Å². The number of methoxy groups -OCH3 is 1. The fourth-order valence-electron chi connectivity index (χ4n) is 3.25. The van der Waals surface area contributed by atoms with Crippen molar-refractivity contribution in [2.45, 2.75) is 18.9 Å². The second-order valence-corrected chi connectivity index (χ2v) is 7.07. The van der Waals surface area contributed by atoms with Crippen molar-refractivity contribution < 1.29 is 9.53 Å². The predicted molar refractivity (Wildman–Crippen MR) is 102 cm³/mol. The van der Waals surface area contributed by atoms with Gasteiger partial charge in [-0.15, -0.1) is 0 Å². The number of rotatable bonds is 3. The Balaban J connectivity index is 1.55. The third-order valence-corrected chi connectivity index (χ3v) is 4.98. The van der Waals surface area contributed by atoms with Crippen LogP contribution in [0.15, 0.2) is 53.4 Å². The highest BCUT2D eigenvalue weighted by Gasteiger charge is 2.26. The normalized spacial score (nSPS) is 15.5. The van der Waals surface area contributed by atoms with Gasteiger partial charge in [-0.3, -0.25) is 15.0 Å². The third kappa shape index (κ3) is 3.22. The summed E-state index contributed by atoms with van der Waals surface area (Å²) in [4.78, 5) is 15.8. The second-order valence-electron chi connectivity index (χ2n) is 6.16. The molecule has 4 rings (SSSR count). The lowest BCUT2D eigenvalue weighted by Crippen LogP contribution is -2.10. The van der Waals surface area contributed by atoms with Crippen LogP contribution < -0.4 is 5.32 Å². The summed E-state index contributed by atoms with van der Waals surface area (Å²) in [5, 5.41) is 7.20. The van der Waals surface area contributed by atoms with Gasteiger partial charge in [0.05, 0.1) is 25.0 Å². The SMILES string of the molecule is COC(=O)Nc1ccc(-c2cnn(C3CCc4cc(Br)cnc43)c2)cc1. The molecule has 0 spiro atoms. The molecule has 1 aliphatic rings. The van der Waals surface area contributed by atoms with Gasteiger partial charge in [-0.2, -0.15) is 5.10 Å². The topological polar surface area (TPSA) is 69.0 Å². The van der Waals surface area contributed by atoms with E-state index in [0.29, 0.717) is 5.69 Å². The van der Waals surface area contributed by atoms with E-state index in [1.807, 2.05) is 47.5 Å². The number of aryl methyl sites for hydroxylation is 1. The number of halogens is 1. The van der Waals surface area contributed by atoms with Crippen LogP contribution in [0.2, 0.25) is 0 Å². The van der Waals surface area contributed by atoms with E-state index in [0.717, 1.165) is 34.1 Å². The zero-order valence-corrected chi connectivity index (χ0v) is 15.7. The Hall–Kier alpha value is -2.67. The fraction of sp³-hybridized carbons (Fsp3) is 0.211. The van der Waals surface area contributed by atoms with Crippen molar-refractivity contribution in [1.82, 2.24) is 14.8 Å². The summed E-state index contributed by atoms with van der Waals surface area (Å²) >= 11 is 3.48. The maximum atomic E-state index is 11.3. The van der Waals surface area contributed by atoms with Crippen LogP contribution in [0, 0.1) is 0 Å². The highest BCUT2D eigenvalue weighted by Crippen LogP contribution is 2.34. The Kier molecular flexibility index (Phi) is 4.46. The van der Waals surface area contributed by atoms with Gasteiger partial charge in [0.15, 0.2) is 0 Å². The molecule has 0 fully saturated rings. The van der Waals surface area contributed by atoms with Crippen LogP contribution in [-0.4, -0.2) is 28.0 Å². The summed E-state index contributed by atoms with van der Waals surface area (Å²) in [7, 11) is 1.34. The van der Waals surface area contributed by atoms with Crippen molar-refractivity contribution in [3.63, 3.8) is 0 Å². The molecule has 1 aliphatic carbocycles. The Morgan fingerprint density at radius 1 is 1.27 bits per heavy atom. The van der Waals surface area contributed by atoms with Gasteiger partial charge in [0, 0.05) is 28.1 Å². The minimum absolute atomic E-state index is 0.173. The Labute approximate surface area is 159 Å². The van der Waals surface area contributed by atoms with E-state index in [-0.39, 0.29) is 6.04 Å². The number of hydrogen-bond donors (Lipinski definition) is 1. The number of anilines is 1. The van der Waals surface area contributed by atoms with Crippen molar-refractivity contribution in [3.8, 4) is 11.1 Å². The summed E-state index contributed by atoms with van der Waals surface area (Å²) in [6, 6.07) is 9.89. The van der Waals surface area contributed by atoms with Crippen LogP contribution in [0.3, 0.4) is 0 Å². The lowest BCUT2D eigenvalue weighted by molar-refractivity contribution is 0.187. The number of carbonyl (C=O) groups is 1. The zero-order chi connectivity index (χ0) is 18.1. The van der Waals surface area contributed by atoms with Crippen molar-refractivity contribution in [2.75, 3.05) is 12.4 Å². The predicted octanol–water partition coefficient (Wildman–Crippen LogP) is 4.42. The van der Waals surface area contributed by atoms with Gasteiger partial charge in [-0.25, -0.2) is 4.79 Å². The first kappa shape index (κ1) is 16.8. The summed E-state index contributed by atoms with van der Waals surface area (Å²) in [5.74, 6) is 0. The molecule has 6 nitrogen and oxygen atoms in total. The van der Waals surface area contributed by atoms with Crippen LogP contribution in [0.5, 0.6) is 0 Å². The molecule has 1 atom stereocenters. The van der Waals surface area contributed by atoms with E-state index in [1.54, 1.807) is 0 Å². The van der Waals surface area contributed by atoms with E-state index >= 15 is 0 Å². The number of benzene rings is 1. The minimum atomic E-state index is -0.482. The molecule has 0 bridgehead atoms. The largest absolute Gasteiger partial charge is 0.453 e. The number of carbonyl (C=O) groups excluding carboxylic acids is 1. The average Bonchev–Trinajstić information content (AvgIpc) is 3.28. The molecular weight excluding hydrogens is 396 g/mol. The average molecular weight is 413 g/mol. The van der Waals surface area contributed by atoms with Crippen LogP contribution >= 0.6 is 15.9 Å². The van der Waals surface area contributed by atoms with E-state index in [9.17, 15) is 4.79 Å². The number of ether oxygens (including phenoxy) is 1. The summed E-state index contributed by atoms with van der Waals surface area (Å²) in [6.07, 6.45) is 7.28. The second kappa shape index (κ2) is 6.92. The molecule has 2 heterocycles. The molecule has 0 radical (unpaired) electrons. The van der Waals surface area contributed by atoms with Gasteiger partial charge in [0.2, 0.25) is 0 Å². The van der Waals surface area contributed by atoms with Gasteiger partial charge in [0.25, 0.3) is 0 Å². The molecule has 1 aromatic carbocycles. The van der Waals surface area contributed by atoms with E-state index in [1.165, 1.54) is 12.7 Å². The standard InChI is InChI=1S/C19H17BrN4O2/c1-26-19(25)23-16-5-2-12(3-6-16)14-9-22-24(11-14)17-7-4-13-8-15(20)10-21-18(13)17/h2-3,5-6,8-11,17H,4,7H2,1H3,(H,23,25). The molecule has 0 saturated carbocycles. The highest BCUT2D eigenvalue weighted by molar-refractivity contribution is 9.10. The maximum absolute atomic E-state index is 11.3.